The molecule has 0 radical (unpaired) electrons. The molecule has 0 saturated heterocycles. The molecule has 2 rings (SSSR count). The van der Waals surface area contributed by atoms with Crippen molar-refractivity contribution >= 4 is 15.5 Å². The second kappa shape index (κ2) is 6.08. The summed E-state index contributed by atoms with van der Waals surface area (Å²) in [6, 6.07) is 5.16. The van der Waals surface area contributed by atoms with E-state index in [9.17, 15) is 8.42 Å². The molecule has 0 atom stereocenters. The van der Waals surface area contributed by atoms with Crippen LogP contribution in [0.15, 0.2) is 18.2 Å². The standard InChI is InChI=1S/C12H17N5O3S/c1-3-21(18,19)7-6-17-12(14-15-16-17)9-4-5-10(13)11(8-9)20-2/h4-5,8H,3,6-7,13H2,1-2H3. The van der Waals surface area contributed by atoms with Crippen molar-refractivity contribution in [1.29, 1.82) is 0 Å². The van der Waals surface area contributed by atoms with Crippen molar-refractivity contribution in [3.63, 3.8) is 0 Å². The lowest BCUT2D eigenvalue weighted by Crippen LogP contribution is -2.16. The second-order valence-electron chi connectivity index (χ2n) is 4.42. The van der Waals surface area contributed by atoms with Gasteiger partial charge in [0.1, 0.15) is 5.75 Å². The Morgan fingerprint density at radius 1 is 1.38 bits per heavy atom. The Hall–Kier alpha value is -2.16. The molecule has 0 aliphatic rings. The molecule has 0 bridgehead atoms. The maximum absolute atomic E-state index is 11.6. The zero-order chi connectivity index (χ0) is 15.5. The van der Waals surface area contributed by atoms with E-state index in [4.69, 9.17) is 10.5 Å². The van der Waals surface area contributed by atoms with E-state index in [1.807, 2.05) is 0 Å². The fourth-order valence-electron chi connectivity index (χ4n) is 1.78. The zero-order valence-corrected chi connectivity index (χ0v) is 12.7. The summed E-state index contributed by atoms with van der Waals surface area (Å²) < 4.78 is 29.8. The van der Waals surface area contributed by atoms with Crippen LogP contribution in [0.4, 0.5) is 5.69 Å². The van der Waals surface area contributed by atoms with Gasteiger partial charge in [0, 0.05) is 11.3 Å². The van der Waals surface area contributed by atoms with E-state index in [0.717, 1.165) is 0 Å². The number of methoxy groups -OCH3 is 1. The molecule has 1 aromatic heterocycles. The molecule has 0 aliphatic carbocycles. The highest BCUT2D eigenvalue weighted by Gasteiger charge is 2.14. The van der Waals surface area contributed by atoms with Crippen LogP contribution in [0.3, 0.4) is 0 Å². The van der Waals surface area contributed by atoms with Gasteiger partial charge < -0.3 is 10.5 Å². The number of tetrazole rings is 1. The third-order valence-electron chi connectivity index (χ3n) is 3.08. The van der Waals surface area contributed by atoms with Crippen LogP contribution in [-0.2, 0) is 16.4 Å². The van der Waals surface area contributed by atoms with Gasteiger partial charge in [-0.15, -0.1) is 5.10 Å². The Labute approximate surface area is 122 Å². The third kappa shape index (κ3) is 3.48. The molecule has 1 aromatic carbocycles. The average Bonchev–Trinajstić information content (AvgIpc) is 2.94. The van der Waals surface area contributed by atoms with Gasteiger partial charge in [0.25, 0.3) is 0 Å². The van der Waals surface area contributed by atoms with Crippen molar-refractivity contribution in [2.75, 3.05) is 24.3 Å². The topological polar surface area (TPSA) is 113 Å². The fourth-order valence-corrected chi connectivity index (χ4v) is 2.52. The number of sulfone groups is 1. The lowest BCUT2D eigenvalue weighted by molar-refractivity contribution is 0.417. The predicted molar refractivity (Wildman–Crippen MR) is 78.5 cm³/mol. The summed E-state index contributed by atoms with van der Waals surface area (Å²) in [5, 5.41) is 11.4. The van der Waals surface area contributed by atoms with E-state index >= 15 is 0 Å². The Bertz CT molecular complexity index is 726. The summed E-state index contributed by atoms with van der Waals surface area (Å²) in [6.45, 7) is 1.81. The molecule has 2 N–H and O–H groups in total. The maximum atomic E-state index is 11.6. The number of aromatic nitrogens is 4. The molecule has 0 aliphatic heterocycles. The molecule has 0 amide bonds. The number of anilines is 1. The lowest BCUT2D eigenvalue weighted by atomic mass is 10.2. The first-order valence-electron chi connectivity index (χ1n) is 6.37. The highest BCUT2D eigenvalue weighted by molar-refractivity contribution is 7.91. The first-order valence-corrected chi connectivity index (χ1v) is 8.19. The summed E-state index contributed by atoms with van der Waals surface area (Å²) in [5.41, 5.74) is 6.98. The number of aryl methyl sites for hydroxylation is 1. The van der Waals surface area contributed by atoms with Gasteiger partial charge in [-0.1, -0.05) is 6.92 Å². The first-order chi connectivity index (χ1) is 9.96. The normalized spacial score (nSPS) is 11.5. The molecule has 8 nitrogen and oxygen atoms in total. The zero-order valence-electron chi connectivity index (χ0n) is 11.9. The smallest absolute Gasteiger partial charge is 0.182 e. The van der Waals surface area contributed by atoms with Crippen molar-refractivity contribution in [2.45, 2.75) is 13.5 Å². The van der Waals surface area contributed by atoms with Crippen molar-refractivity contribution in [1.82, 2.24) is 20.2 Å². The van der Waals surface area contributed by atoms with Crippen molar-refractivity contribution < 1.29 is 13.2 Å². The first kappa shape index (κ1) is 15.2. The van der Waals surface area contributed by atoms with Gasteiger partial charge in [-0.2, -0.15) is 0 Å². The Balaban J connectivity index is 2.28. The van der Waals surface area contributed by atoms with Crippen LogP contribution in [0.5, 0.6) is 5.75 Å². The van der Waals surface area contributed by atoms with Gasteiger partial charge in [-0.25, -0.2) is 13.1 Å². The van der Waals surface area contributed by atoms with Crippen molar-refractivity contribution in [3.05, 3.63) is 18.2 Å². The van der Waals surface area contributed by atoms with Crippen LogP contribution in [0.25, 0.3) is 11.4 Å². The van der Waals surface area contributed by atoms with Gasteiger partial charge in [-0.05, 0) is 28.6 Å². The Morgan fingerprint density at radius 3 is 2.81 bits per heavy atom. The van der Waals surface area contributed by atoms with Crippen LogP contribution in [0.2, 0.25) is 0 Å². The minimum Gasteiger partial charge on any atom is -0.495 e. The van der Waals surface area contributed by atoms with Crippen LogP contribution in [0, 0.1) is 0 Å². The Morgan fingerprint density at radius 2 is 2.14 bits per heavy atom. The quantitative estimate of drug-likeness (QED) is 0.766. The number of nitrogen functional groups attached to an aromatic ring is 1. The molecule has 114 valence electrons. The molecule has 9 heteroatoms. The largest absolute Gasteiger partial charge is 0.495 e. The third-order valence-corrected chi connectivity index (χ3v) is 4.76. The second-order valence-corrected chi connectivity index (χ2v) is 6.89. The van der Waals surface area contributed by atoms with E-state index in [0.29, 0.717) is 22.8 Å². The molecule has 2 aromatic rings. The van der Waals surface area contributed by atoms with Crippen LogP contribution in [0.1, 0.15) is 6.92 Å². The van der Waals surface area contributed by atoms with Crippen molar-refractivity contribution in [2.24, 2.45) is 0 Å². The molecule has 0 spiro atoms. The van der Waals surface area contributed by atoms with Crippen molar-refractivity contribution in [3.8, 4) is 17.1 Å². The summed E-state index contributed by atoms with van der Waals surface area (Å²) in [5.74, 6) is 1.08. The van der Waals surface area contributed by atoms with Crippen LogP contribution in [-0.4, -0.2) is 47.2 Å². The number of hydrogen-bond donors (Lipinski definition) is 1. The average molecular weight is 311 g/mol. The molecular weight excluding hydrogens is 294 g/mol. The fraction of sp³-hybridized carbons (Fsp3) is 0.417. The summed E-state index contributed by atoms with van der Waals surface area (Å²) >= 11 is 0. The molecule has 0 fully saturated rings. The van der Waals surface area contributed by atoms with E-state index in [2.05, 4.69) is 15.5 Å². The minimum atomic E-state index is -3.08. The number of hydrogen-bond acceptors (Lipinski definition) is 7. The van der Waals surface area contributed by atoms with E-state index in [1.54, 1.807) is 25.1 Å². The van der Waals surface area contributed by atoms with E-state index in [1.165, 1.54) is 11.8 Å². The van der Waals surface area contributed by atoms with Gasteiger partial charge >= 0.3 is 0 Å². The van der Waals surface area contributed by atoms with Gasteiger partial charge in [-0.3, -0.25) is 0 Å². The van der Waals surface area contributed by atoms with Gasteiger partial charge in [0.15, 0.2) is 15.7 Å². The Kier molecular flexibility index (Phi) is 4.41. The molecular formula is C12H17N5O3S. The van der Waals surface area contributed by atoms with Gasteiger partial charge in [0.05, 0.1) is 25.1 Å². The maximum Gasteiger partial charge on any atom is 0.182 e. The number of ether oxygens (including phenoxy) is 1. The monoisotopic (exact) mass is 311 g/mol. The molecule has 1 heterocycles. The van der Waals surface area contributed by atoms with Crippen LogP contribution >= 0.6 is 0 Å². The minimum absolute atomic E-state index is 0.00630. The van der Waals surface area contributed by atoms with E-state index in [-0.39, 0.29) is 18.1 Å². The summed E-state index contributed by atoms with van der Waals surface area (Å²) in [4.78, 5) is 0. The predicted octanol–water partition coefficient (Wildman–Crippen LogP) is 0.366. The molecule has 21 heavy (non-hydrogen) atoms. The van der Waals surface area contributed by atoms with Gasteiger partial charge in [0.2, 0.25) is 0 Å². The number of nitrogens with two attached hydrogens (primary N) is 1. The van der Waals surface area contributed by atoms with E-state index < -0.39 is 9.84 Å². The highest BCUT2D eigenvalue weighted by Crippen LogP contribution is 2.27. The highest BCUT2D eigenvalue weighted by atomic mass is 32.2. The summed E-state index contributed by atoms with van der Waals surface area (Å²) in [7, 11) is -1.56. The molecule has 0 unspecified atom stereocenters. The SMILES string of the molecule is CCS(=O)(=O)CCn1nnnc1-c1ccc(N)c(OC)c1. The lowest BCUT2D eigenvalue weighted by Gasteiger charge is -2.08. The molecule has 0 saturated carbocycles. The van der Waals surface area contributed by atoms with Crippen LogP contribution < -0.4 is 10.5 Å². The number of nitrogens with zero attached hydrogens (tertiary/aromatic N) is 4. The summed E-state index contributed by atoms with van der Waals surface area (Å²) in [6.07, 6.45) is 0. The number of rotatable bonds is 6. The number of benzene rings is 1.